The first-order valence-corrected chi connectivity index (χ1v) is 12.7. The van der Waals surface area contributed by atoms with Crippen LogP contribution in [0.15, 0.2) is 54.6 Å². The van der Waals surface area contributed by atoms with Crippen LogP contribution in [0.5, 0.6) is 0 Å². The molecule has 2 aromatic heterocycles. The topological polar surface area (TPSA) is 93.7 Å². The van der Waals surface area contributed by atoms with Gasteiger partial charge in [-0.3, -0.25) is 0 Å². The summed E-state index contributed by atoms with van der Waals surface area (Å²) in [5.41, 5.74) is 15.2. The van der Waals surface area contributed by atoms with Crippen LogP contribution in [0.25, 0.3) is 16.9 Å². The molecule has 0 unspecified atom stereocenters. The van der Waals surface area contributed by atoms with Gasteiger partial charge in [0, 0.05) is 18.2 Å². The number of pyridine rings is 1. The Labute approximate surface area is 204 Å². The van der Waals surface area contributed by atoms with Crippen molar-refractivity contribution < 1.29 is 0 Å². The molecule has 8 rings (SSSR count). The van der Waals surface area contributed by atoms with Gasteiger partial charge in [0.2, 0.25) is 11.9 Å². The van der Waals surface area contributed by atoms with Gasteiger partial charge in [-0.2, -0.15) is 9.67 Å². The van der Waals surface area contributed by atoms with E-state index in [0.29, 0.717) is 23.7 Å². The molecular formula is C28H29N7. The van der Waals surface area contributed by atoms with Gasteiger partial charge in [-0.25, -0.2) is 4.98 Å². The van der Waals surface area contributed by atoms with E-state index in [2.05, 4.69) is 70.2 Å². The number of rotatable bonds is 4. The van der Waals surface area contributed by atoms with E-state index in [1.165, 1.54) is 59.2 Å². The quantitative estimate of drug-likeness (QED) is 0.392. The van der Waals surface area contributed by atoms with E-state index in [9.17, 15) is 0 Å². The summed E-state index contributed by atoms with van der Waals surface area (Å²) in [7, 11) is 0. The maximum absolute atomic E-state index is 6.38. The summed E-state index contributed by atoms with van der Waals surface area (Å²) < 4.78 is 1.68. The van der Waals surface area contributed by atoms with Crippen molar-refractivity contribution in [3.05, 3.63) is 77.0 Å². The van der Waals surface area contributed by atoms with Gasteiger partial charge in [-0.05, 0) is 90.6 Å². The average molecular weight is 464 g/mol. The third-order valence-electron chi connectivity index (χ3n) is 7.88. The van der Waals surface area contributed by atoms with Gasteiger partial charge in [-0.15, -0.1) is 5.10 Å². The lowest BCUT2D eigenvalue weighted by molar-refractivity contribution is 0.351. The first kappa shape index (κ1) is 20.6. The molecule has 0 amide bonds. The monoisotopic (exact) mass is 463 g/mol. The highest BCUT2D eigenvalue weighted by Gasteiger charge is 2.36. The third kappa shape index (κ3) is 3.58. The molecular weight excluding hydrogens is 434 g/mol. The van der Waals surface area contributed by atoms with Crippen molar-refractivity contribution in [3.8, 4) is 16.9 Å². The molecule has 2 aromatic carbocycles. The van der Waals surface area contributed by atoms with Crippen molar-refractivity contribution in [2.75, 3.05) is 17.6 Å². The first-order valence-electron chi connectivity index (χ1n) is 12.7. The molecule has 3 heterocycles. The number of hydrogen-bond acceptors (Lipinski definition) is 6. The summed E-state index contributed by atoms with van der Waals surface area (Å²) in [4.78, 5) is 9.66. The van der Waals surface area contributed by atoms with Crippen LogP contribution < -0.4 is 16.4 Å². The van der Waals surface area contributed by atoms with Crippen molar-refractivity contribution in [2.45, 2.75) is 50.5 Å². The van der Waals surface area contributed by atoms with E-state index in [1.54, 1.807) is 4.68 Å². The molecule has 1 aliphatic heterocycles. The zero-order valence-electron chi connectivity index (χ0n) is 19.7. The fourth-order valence-corrected chi connectivity index (χ4v) is 6.15. The lowest BCUT2D eigenvalue weighted by atomic mass is 9.67. The van der Waals surface area contributed by atoms with Crippen LogP contribution >= 0.6 is 0 Å². The van der Waals surface area contributed by atoms with Crippen LogP contribution in [0.2, 0.25) is 0 Å². The number of hydrogen-bond donors (Lipinski definition) is 3. The highest BCUT2D eigenvalue weighted by atomic mass is 15.4. The molecule has 1 saturated carbocycles. The van der Waals surface area contributed by atoms with Crippen molar-refractivity contribution in [3.63, 3.8) is 0 Å². The summed E-state index contributed by atoms with van der Waals surface area (Å²) in [6, 6.07) is 19.2. The fourth-order valence-electron chi connectivity index (χ4n) is 6.15. The van der Waals surface area contributed by atoms with Crippen LogP contribution in [0.4, 0.5) is 17.6 Å². The van der Waals surface area contributed by atoms with Crippen LogP contribution in [0, 0.1) is 0 Å². The Morgan fingerprint density at radius 1 is 0.914 bits per heavy atom. The predicted octanol–water partition coefficient (Wildman–Crippen LogP) is 5.06. The number of nitrogens with two attached hydrogens (primary N) is 1. The molecule has 1 fully saturated rings. The van der Waals surface area contributed by atoms with E-state index >= 15 is 0 Å². The van der Waals surface area contributed by atoms with Gasteiger partial charge in [0.1, 0.15) is 0 Å². The smallest absolute Gasteiger partial charge is 0.248 e. The summed E-state index contributed by atoms with van der Waals surface area (Å²) in [5, 5.41) is 11.5. The largest absolute Gasteiger partial charge is 0.368 e. The predicted molar refractivity (Wildman–Crippen MR) is 138 cm³/mol. The molecule has 0 spiro atoms. The molecule has 4 aliphatic rings. The van der Waals surface area contributed by atoms with Gasteiger partial charge < -0.3 is 16.4 Å². The molecule has 0 saturated heterocycles. The highest BCUT2D eigenvalue weighted by Crippen LogP contribution is 2.51. The van der Waals surface area contributed by atoms with Crippen molar-refractivity contribution >= 4 is 17.6 Å². The molecule has 0 radical (unpaired) electrons. The molecule has 176 valence electrons. The standard InChI is InChI=1S/C28H29N7/c29-27-33-28(31-22-11-10-17-12-13-30-16-21(17)14-22)34-35(27)24-15-23(18-4-2-1-3-5-18)25-19-6-8-20(9-7-19)26(25)32-24/h1-5,10-11,14-15,19-20,30H,6-9,12-13,16H2,(H3,29,31,33,34). The third-order valence-corrected chi connectivity index (χ3v) is 7.88. The number of nitrogen functional groups attached to an aromatic ring is 1. The number of nitrogens with zero attached hydrogens (tertiary/aromatic N) is 4. The van der Waals surface area contributed by atoms with Gasteiger partial charge in [0.25, 0.3) is 0 Å². The second-order valence-corrected chi connectivity index (χ2v) is 9.98. The summed E-state index contributed by atoms with van der Waals surface area (Å²) >= 11 is 0. The zero-order valence-corrected chi connectivity index (χ0v) is 19.7. The van der Waals surface area contributed by atoms with Crippen molar-refractivity contribution in [1.82, 2.24) is 25.1 Å². The van der Waals surface area contributed by atoms with Crippen molar-refractivity contribution in [2.24, 2.45) is 0 Å². The Morgan fingerprint density at radius 3 is 2.60 bits per heavy atom. The van der Waals surface area contributed by atoms with Crippen LogP contribution in [-0.4, -0.2) is 26.3 Å². The van der Waals surface area contributed by atoms with Crippen LogP contribution in [0.3, 0.4) is 0 Å². The summed E-state index contributed by atoms with van der Waals surface area (Å²) in [5.74, 6) is 2.66. The van der Waals surface area contributed by atoms with Gasteiger partial charge >= 0.3 is 0 Å². The average Bonchev–Trinajstić information content (AvgIpc) is 3.29. The summed E-state index contributed by atoms with van der Waals surface area (Å²) in [6.45, 7) is 1.92. The van der Waals surface area contributed by atoms with Crippen LogP contribution in [0.1, 0.15) is 59.9 Å². The number of aromatic nitrogens is 4. The SMILES string of the molecule is Nc1nc(Nc2ccc3c(c2)CNCC3)nn1-c1cc(-c2ccccc2)c2c(n1)C1CCC2CC1. The molecule has 7 heteroatoms. The summed E-state index contributed by atoms with van der Waals surface area (Å²) in [6.07, 6.45) is 6.01. The highest BCUT2D eigenvalue weighted by molar-refractivity contribution is 5.72. The fraction of sp³-hybridized carbons (Fsp3) is 0.321. The minimum Gasteiger partial charge on any atom is -0.368 e. The lowest BCUT2D eigenvalue weighted by Gasteiger charge is -2.39. The van der Waals surface area contributed by atoms with Gasteiger partial charge in [-0.1, -0.05) is 36.4 Å². The Balaban J connectivity index is 1.28. The number of anilines is 3. The number of fused-ring (bicyclic) bond motifs is 3. The minimum absolute atomic E-state index is 0.333. The molecule has 4 aromatic rings. The Morgan fingerprint density at radius 2 is 1.74 bits per heavy atom. The molecule has 35 heavy (non-hydrogen) atoms. The van der Waals surface area contributed by atoms with Gasteiger partial charge in [0.15, 0.2) is 5.82 Å². The molecule has 3 aliphatic carbocycles. The second kappa shape index (κ2) is 8.20. The van der Waals surface area contributed by atoms with Crippen LogP contribution in [-0.2, 0) is 13.0 Å². The van der Waals surface area contributed by atoms with E-state index in [4.69, 9.17) is 15.8 Å². The van der Waals surface area contributed by atoms with Gasteiger partial charge in [0.05, 0.1) is 5.69 Å². The molecule has 0 atom stereocenters. The van der Waals surface area contributed by atoms with E-state index in [1.807, 2.05) is 0 Å². The maximum Gasteiger partial charge on any atom is 0.248 e. The number of benzene rings is 2. The molecule has 2 bridgehead atoms. The second-order valence-electron chi connectivity index (χ2n) is 9.98. The van der Waals surface area contributed by atoms with E-state index < -0.39 is 0 Å². The normalized spacial score (nSPS) is 20.3. The van der Waals surface area contributed by atoms with E-state index in [0.717, 1.165) is 31.0 Å². The molecule has 7 nitrogen and oxygen atoms in total. The first-order chi connectivity index (χ1) is 17.2. The molecule has 4 N–H and O–H groups in total. The Hall–Kier alpha value is -3.71. The van der Waals surface area contributed by atoms with Crippen molar-refractivity contribution in [1.29, 1.82) is 0 Å². The Bertz CT molecular complexity index is 1400. The Kier molecular flexibility index (Phi) is 4.84. The lowest BCUT2D eigenvalue weighted by Crippen LogP contribution is -2.25. The number of nitrogens with one attached hydrogen (secondary N) is 2. The minimum atomic E-state index is 0.333. The maximum atomic E-state index is 6.38. The van der Waals surface area contributed by atoms with E-state index in [-0.39, 0.29) is 0 Å². The zero-order chi connectivity index (χ0) is 23.4.